The lowest BCUT2D eigenvalue weighted by atomic mass is 10.2. The third kappa shape index (κ3) is 3.38. The highest BCUT2D eigenvalue weighted by molar-refractivity contribution is 4.84. The normalized spacial score (nSPS) is 10.2. The third-order valence-corrected chi connectivity index (χ3v) is 1.81. The van der Waals surface area contributed by atoms with E-state index in [-0.39, 0.29) is 12.2 Å². The summed E-state index contributed by atoms with van der Waals surface area (Å²) in [5, 5.41) is 12.5. The van der Waals surface area contributed by atoms with Crippen LogP contribution in [-0.2, 0) is 6.54 Å². The fraction of sp³-hybridized carbons (Fsp3) is 0.556. The van der Waals surface area contributed by atoms with Crippen LogP contribution in [0.2, 0.25) is 0 Å². The molecule has 0 unspecified atom stereocenters. The van der Waals surface area contributed by atoms with E-state index in [4.69, 9.17) is 5.11 Å². The van der Waals surface area contributed by atoms with Crippen LogP contribution in [0.3, 0.4) is 0 Å². The second-order valence-electron chi connectivity index (χ2n) is 2.87. The van der Waals surface area contributed by atoms with E-state index in [1.807, 2.05) is 0 Å². The summed E-state index contributed by atoms with van der Waals surface area (Å²) in [6.45, 7) is 0.858. The molecule has 0 saturated carbocycles. The maximum Gasteiger partial charge on any atom is 0.266 e. The average molecular weight is 182 g/mol. The second-order valence-corrected chi connectivity index (χ2v) is 2.87. The van der Waals surface area contributed by atoms with Gasteiger partial charge in [0.25, 0.3) is 5.56 Å². The van der Waals surface area contributed by atoms with Crippen molar-refractivity contribution >= 4 is 0 Å². The summed E-state index contributed by atoms with van der Waals surface area (Å²) in [5.41, 5.74) is -0.0634. The average Bonchev–Trinajstić information content (AvgIpc) is 2.15. The fourth-order valence-corrected chi connectivity index (χ4v) is 1.11. The number of unbranched alkanes of at least 4 members (excludes halogenated alkanes) is 2. The van der Waals surface area contributed by atoms with E-state index >= 15 is 0 Å². The summed E-state index contributed by atoms with van der Waals surface area (Å²) in [4.78, 5) is 11.1. The Balaban J connectivity index is 2.37. The molecule has 72 valence electrons. The quantitative estimate of drug-likeness (QED) is 0.671. The van der Waals surface area contributed by atoms with Crippen molar-refractivity contribution < 1.29 is 5.11 Å². The molecule has 0 aliphatic heterocycles. The lowest BCUT2D eigenvalue weighted by Crippen LogP contribution is -2.21. The van der Waals surface area contributed by atoms with Gasteiger partial charge in [-0.1, -0.05) is 0 Å². The van der Waals surface area contributed by atoms with Gasteiger partial charge in [0.05, 0.1) is 0 Å². The molecule has 1 aromatic heterocycles. The minimum absolute atomic E-state index is 0.0634. The standard InChI is InChI=1S/C9H14N2O2/c12-8-3-1-2-7-11-9(13)5-4-6-10-11/h4-6,12H,1-3,7-8H2. The Morgan fingerprint density at radius 3 is 2.92 bits per heavy atom. The molecule has 0 spiro atoms. The van der Waals surface area contributed by atoms with Gasteiger partial charge in [0.2, 0.25) is 0 Å². The van der Waals surface area contributed by atoms with E-state index in [1.54, 1.807) is 12.3 Å². The van der Waals surface area contributed by atoms with E-state index in [1.165, 1.54) is 10.7 Å². The van der Waals surface area contributed by atoms with Gasteiger partial charge in [-0.2, -0.15) is 5.10 Å². The lowest BCUT2D eigenvalue weighted by Gasteiger charge is -2.01. The van der Waals surface area contributed by atoms with Crippen LogP contribution in [0.15, 0.2) is 23.1 Å². The number of rotatable bonds is 5. The molecule has 1 heterocycles. The van der Waals surface area contributed by atoms with Crippen LogP contribution in [0.4, 0.5) is 0 Å². The first kappa shape index (κ1) is 9.92. The minimum atomic E-state index is -0.0634. The van der Waals surface area contributed by atoms with E-state index in [2.05, 4.69) is 5.10 Å². The topological polar surface area (TPSA) is 55.1 Å². The van der Waals surface area contributed by atoms with E-state index < -0.39 is 0 Å². The number of nitrogens with zero attached hydrogens (tertiary/aromatic N) is 2. The predicted octanol–water partition coefficient (Wildman–Crippen LogP) is 0.406. The monoisotopic (exact) mass is 182 g/mol. The van der Waals surface area contributed by atoms with Crippen molar-refractivity contribution in [3.8, 4) is 0 Å². The first-order chi connectivity index (χ1) is 6.34. The van der Waals surface area contributed by atoms with Gasteiger partial charge in [0, 0.05) is 25.4 Å². The van der Waals surface area contributed by atoms with Crippen molar-refractivity contribution in [2.24, 2.45) is 0 Å². The molecule has 1 rings (SSSR count). The summed E-state index contributed by atoms with van der Waals surface area (Å²) in [5.74, 6) is 0. The zero-order chi connectivity index (χ0) is 9.52. The molecular formula is C9H14N2O2. The molecule has 0 saturated heterocycles. The van der Waals surface area contributed by atoms with Crippen LogP contribution < -0.4 is 5.56 Å². The molecule has 0 bridgehead atoms. The number of aliphatic hydroxyl groups excluding tert-OH is 1. The zero-order valence-electron chi connectivity index (χ0n) is 7.52. The van der Waals surface area contributed by atoms with Crippen LogP contribution in [0.25, 0.3) is 0 Å². The maximum absolute atomic E-state index is 11.1. The van der Waals surface area contributed by atoms with Crippen molar-refractivity contribution in [3.63, 3.8) is 0 Å². The highest BCUT2D eigenvalue weighted by Gasteiger charge is 1.94. The molecule has 0 fully saturated rings. The summed E-state index contributed by atoms with van der Waals surface area (Å²) in [7, 11) is 0. The smallest absolute Gasteiger partial charge is 0.266 e. The number of hydrogen-bond acceptors (Lipinski definition) is 3. The van der Waals surface area contributed by atoms with Gasteiger partial charge in [0.1, 0.15) is 0 Å². The Morgan fingerprint density at radius 2 is 2.23 bits per heavy atom. The Hall–Kier alpha value is -1.16. The molecule has 0 aliphatic carbocycles. The highest BCUT2D eigenvalue weighted by atomic mass is 16.2. The molecule has 4 nitrogen and oxygen atoms in total. The molecular weight excluding hydrogens is 168 g/mol. The second kappa shape index (κ2) is 5.48. The molecule has 0 aromatic carbocycles. The van der Waals surface area contributed by atoms with Gasteiger partial charge >= 0.3 is 0 Å². The van der Waals surface area contributed by atoms with Crippen LogP contribution in [0.1, 0.15) is 19.3 Å². The molecule has 1 N–H and O–H groups in total. The van der Waals surface area contributed by atoms with E-state index in [0.29, 0.717) is 6.54 Å². The lowest BCUT2D eigenvalue weighted by molar-refractivity contribution is 0.281. The number of aryl methyl sites for hydroxylation is 1. The molecule has 4 heteroatoms. The fourth-order valence-electron chi connectivity index (χ4n) is 1.11. The van der Waals surface area contributed by atoms with Crippen molar-refractivity contribution in [2.75, 3.05) is 6.61 Å². The number of aliphatic hydroxyl groups is 1. The number of hydrogen-bond donors (Lipinski definition) is 1. The Kier molecular flexibility index (Phi) is 4.18. The molecule has 0 aliphatic rings. The first-order valence-electron chi connectivity index (χ1n) is 4.47. The maximum atomic E-state index is 11.1. The number of aromatic nitrogens is 2. The predicted molar refractivity (Wildman–Crippen MR) is 49.4 cm³/mol. The Labute approximate surface area is 76.8 Å². The molecule has 0 atom stereocenters. The Morgan fingerprint density at radius 1 is 1.38 bits per heavy atom. The largest absolute Gasteiger partial charge is 0.396 e. The van der Waals surface area contributed by atoms with Gasteiger partial charge in [-0.15, -0.1) is 0 Å². The van der Waals surface area contributed by atoms with Crippen LogP contribution in [0.5, 0.6) is 0 Å². The van der Waals surface area contributed by atoms with Gasteiger partial charge in [-0.05, 0) is 25.3 Å². The first-order valence-corrected chi connectivity index (χ1v) is 4.47. The SMILES string of the molecule is O=c1cccnn1CCCCCO. The van der Waals surface area contributed by atoms with Gasteiger partial charge in [-0.3, -0.25) is 4.79 Å². The summed E-state index contributed by atoms with van der Waals surface area (Å²) in [6.07, 6.45) is 4.21. The summed E-state index contributed by atoms with van der Waals surface area (Å²) >= 11 is 0. The van der Waals surface area contributed by atoms with E-state index in [9.17, 15) is 4.79 Å². The minimum Gasteiger partial charge on any atom is -0.396 e. The van der Waals surface area contributed by atoms with Gasteiger partial charge < -0.3 is 5.11 Å². The van der Waals surface area contributed by atoms with Crippen molar-refractivity contribution in [1.82, 2.24) is 9.78 Å². The van der Waals surface area contributed by atoms with Crippen molar-refractivity contribution in [2.45, 2.75) is 25.8 Å². The van der Waals surface area contributed by atoms with Crippen molar-refractivity contribution in [3.05, 3.63) is 28.7 Å². The van der Waals surface area contributed by atoms with E-state index in [0.717, 1.165) is 19.3 Å². The van der Waals surface area contributed by atoms with Gasteiger partial charge in [-0.25, -0.2) is 4.68 Å². The van der Waals surface area contributed by atoms with Gasteiger partial charge in [0.15, 0.2) is 0 Å². The molecule has 0 radical (unpaired) electrons. The highest BCUT2D eigenvalue weighted by Crippen LogP contribution is 1.94. The summed E-state index contributed by atoms with van der Waals surface area (Å²) < 4.78 is 1.44. The molecule has 1 aromatic rings. The van der Waals surface area contributed by atoms with Crippen LogP contribution in [-0.4, -0.2) is 21.5 Å². The zero-order valence-corrected chi connectivity index (χ0v) is 7.52. The molecule has 0 amide bonds. The van der Waals surface area contributed by atoms with Crippen LogP contribution >= 0.6 is 0 Å². The third-order valence-electron chi connectivity index (χ3n) is 1.81. The molecule has 13 heavy (non-hydrogen) atoms. The van der Waals surface area contributed by atoms with Crippen molar-refractivity contribution in [1.29, 1.82) is 0 Å². The van der Waals surface area contributed by atoms with Crippen LogP contribution in [0, 0.1) is 0 Å². The summed E-state index contributed by atoms with van der Waals surface area (Å²) in [6, 6.07) is 3.13. The Bertz CT molecular complexity index is 296.